The highest BCUT2D eigenvalue weighted by Crippen LogP contribution is 2.15. The number of tetrazole rings is 1. The molecule has 2 aromatic rings. The molecule has 0 saturated carbocycles. The number of hydrogen-bond acceptors (Lipinski definition) is 5. The number of rotatable bonds is 3. The van der Waals surface area contributed by atoms with Gasteiger partial charge in [0.25, 0.3) is 0 Å². The lowest BCUT2D eigenvalue weighted by Crippen LogP contribution is -2.41. The smallest absolute Gasteiger partial charge is 0.336 e. The molecule has 0 radical (unpaired) electrons. The summed E-state index contributed by atoms with van der Waals surface area (Å²) in [5, 5.41) is 10.3. The molecule has 0 aliphatic carbocycles. The molecule has 2 rings (SSSR count). The monoisotopic (exact) mass is 262 g/mol. The molecule has 0 amide bonds. The third kappa shape index (κ3) is 3.12. The minimum Gasteiger partial charge on any atom is -0.429 e. The quantitative estimate of drug-likeness (QED) is 0.650. The van der Waals surface area contributed by atoms with Gasteiger partial charge < -0.3 is 4.74 Å². The Bertz CT molecular complexity index is 559. The summed E-state index contributed by atoms with van der Waals surface area (Å²) in [6.07, 6.45) is 3.34. The summed E-state index contributed by atoms with van der Waals surface area (Å²) in [7, 11) is 0. The number of pyridine rings is 1. The molecule has 0 saturated heterocycles. The van der Waals surface area contributed by atoms with E-state index in [0.717, 1.165) is 5.56 Å². The van der Waals surface area contributed by atoms with Crippen LogP contribution >= 0.6 is 0 Å². The highest BCUT2D eigenvalue weighted by molar-refractivity contribution is 5.75. The second-order valence-electron chi connectivity index (χ2n) is 5.10. The van der Waals surface area contributed by atoms with Gasteiger partial charge in [0.15, 0.2) is 5.21 Å². The summed E-state index contributed by atoms with van der Waals surface area (Å²) in [5.41, 5.74) is 0.255. The first kappa shape index (κ1) is 13.1. The molecular weight excluding hydrogens is 246 g/mol. The fourth-order valence-corrected chi connectivity index (χ4v) is 1.36. The molecule has 0 unspecified atom stereocenters. The first-order chi connectivity index (χ1) is 8.98. The van der Waals surface area contributed by atoms with Crippen LogP contribution in [0.25, 0.3) is 11.4 Å². The van der Waals surface area contributed by atoms with Crippen molar-refractivity contribution in [3.63, 3.8) is 0 Å². The molecule has 0 aliphatic heterocycles. The molecule has 100 valence electrons. The summed E-state index contributed by atoms with van der Waals surface area (Å²) < 4.78 is 6.75. The Morgan fingerprint density at radius 3 is 2.89 bits per heavy atom. The first-order valence-corrected chi connectivity index (χ1v) is 5.87. The van der Waals surface area contributed by atoms with Gasteiger partial charge in [0.1, 0.15) is 5.10 Å². The maximum Gasteiger partial charge on any atom is 0.336 e. The average Bonchev–Trinajstić information content (AvgIpc) is 2.84. The first-order valence-electron chi connectivity index (χ1n) is 5.87. The van der Waals surface area contributed by atoms with Crippen LogP contribution in [0.4, 0.5) is 0 Å². The molecule has 0 aliphatic rings. The Morgan fingerprint density at radius 1 is 1.47 bits per heavy atom. The van der Waals surface area contributed by atoms with E-state index in [2.05, 4.69) is 20.5 Å². The number of nitrogens with zero attached hydrogens (tertiary/aromatic N) is 4. The standard InChI is InChI=1S/C12H15N5O2/c1-12(2,3)11(18)19-8-17-10(14-15-16-17)9-5-4-6-13-7-9/h4-7H,8H2,1-3H3/p+1. The molecule has 2 heterocycles. The van der Waals surface area contributed by atoms with Gasteiger partial charge in [-0.1, -0.05) is 5.21 Å². The van der Waals surface area contributed by atoms with E-state index in [1.807, 2.05) is 6.07 Å². The number of H-pyrrole nitrogens is 1. The maximum absolute atomic E-state index is 11.7. The van der Waals surface area contributed by atoms with Crippen LogP contribution in [0, 0.1) is 5.41 Å². The van der Waals surface area contributed by atoms with Crippen molar-refractivity contribution in [2.75, 3.05) is 0 Å². The maximum atomic E-state index is 11.7. The van der Waals surface area contributed by atoms with E-state index in [1.165, 1.54) is 0 Å². The molecule has 7 nitrogen and oxygen atoms in total. The number of carbonyl (C=O) groups is 1. The van der Waals surface area contributed by atoms with Crippen LogP contribution in [-0.2, 0) is 16.3 Å². The molecule has 0 atom stereocenters. The van der Waals surface area contributed by atoms with Gasteiger partial charge in [-0.3, -0.25) is 9.78 Å². The summed E-state index contributed by atoms with van der Waals surface area (Å²) in [6, 6.07) is 3.66. The summed E-state index contributed by atoms with van der Waals surface area (Å²) >= 11 is 0. The lowest BCUT2D eigenvalue weighted by atomic mass is 9.98. The summed E-state index contributed by atoms with van der Waals surface area (Å²) in [6.45, 7) is 5.43. The third-order valence-electron chi connectivity index (χ3n) is 2.42. The van der Waals surface area contributed by atoms with E-state index in [4.69, 9.17) is 4.74 Å². The highest BCUT2D eigenvalue weighted by Gasteiger charge is 2.25. The lowest BCUT2D eigenvalue weighted by molar-refractivity contribution is -0.771. The number of hydrogen-bond donors (Lipinski definition) is 1. The zero-order valence-electron chi connectivity index (χ0n) is 11.1. The van der Waals surface area contributed by atoms with Crippen LogP contribution in [0.1, 0.15) is 20.8 Å². The number of ether oxygens (including phenoxy) is 1. The van der Waals surface area contributed by atoms with Crippen molar-refractivity contribution >= 4 is 5.97 Å². The van der Waals surface area contributed by atoms with Gasteiger partial charge in [0.05, 0.1) is 11.0 Å². The van der Waals surface area contributed by atoms with Gasteiger partial charge in [0, 0.05) is 12.4 Å². The lowest BCUT2D eigenvalue weighted by Gasteiger charge is -2.15. The zero-order valence-corrected chi connectivity index (χ0v) is 11.1. The molecule has 0 aromatic carbocycles. The van der Waals surface area contributed by atoms with Crippen molar-refractivity contribution in [3.05, 3.63) is 24.5 Å². The van der Waals surface area contributed by atoms with E-state index < -0.39 is 5.41 Å². The highest BCUT2D eigenvalue weighted by atomic mass is 16.5. The number of nitrogens with one attached hydrogen (secondary N) is 1. The normalized spacial score (nSPS) is 11.3. The van der Waals surface area contributed by atoms with Gasteiger partial charge in [-0.2, -0.15) is 0 Å². The molecule has 1 N–H and O–H groups in total. The SMILES string of the molecule is CC(C)(C)C(=O)OC[n+]1[nH]nnc1-c1cccnc1. The number of aromatic nitrogens is 5. The molecule has 0 fully saturated rings. The van der Waals surface area contributed by atoms with Crippen LogP contribution in [-0.4, -0.2) is 26.5 Å². The van der Waals surface area contributed by atoms with Crippen molar-refractivity contribution in [2.24, 2.45) is 5.41 Å². The molecule has 0 spiro atoms. The minimum absolute atomic E-state index is 0.0351. The fraction of sp³-hybridized carbons (Fsp3) is 0.417. The van der Waals surface area contributed by atoms with Gasteiger partial charge in [-0.25, -0.2) is 0 Å². The van der Waals surface area contributed by atoms with E-state index in [9.17, 15) is 4.79 Å². The minimum atomic E-state index is -0.539. The molecule has 7 heteroatoms. The summed E-state index contributed by atoms with van der Waals surface area (Å²) in [4.78, 5) is 15.7. The van der Waals surface area contributed by atoms with Gasteiger partial charge in [0.2, 0.25) is 6.73 Å². The van der Waals surface area contributed by atoms with E-state index in [0.29, 0.717) is 5.82 Å². The van der Waals surface area contributed by atoms with Crippen LogP contribution in [0.2, 0.25) is 0 Å². The van der Waals surface area contributed by atoms with Crippen molar-refractivity contribution in [3.8, 4) is 11.4 Å². The third-order valence-corrected chi connectivity index (χ3v) is 2.42. The predicted molar refractivity (Wildman–Crippen MR) is 65.4 cm³/mol. The van der Waals surface area contributed by atoms with Crippen molar-refractivity contribution in [2.45, 2.75) is 27.5 Å². The summed E-state index contributed by atoms with van der Waals surface area (Å²) in [5.74, 6) is 0.279. The fourth-order valence-electron chi connectivity index (χ4n) is 1.36. The molecule has 0 bridgehead atoms. The van der Waals surface area contributed by atoms with Gasteiger partial charge in [-0.15, -0.1) is 4.68 Å². The van der Waals surface area contributed by atoms with Crippen LogP contribution in [0.5, 0.6) is 0 Å². The Kier molecular flexibility index (Phi) is 3.55. The number of aromatic amines is 1. The number of carbonyl (C=O) groups excluding carboxylic acids is 1. The van der Waals surface area contributed by atoms with Gasteiger partial charge in [-0.05, 0) is 32.9 Å². The molecular formula is C12H16N5O2+. The van der Waals surface area contributed by atoms with Gasteiger partial charge >= 0.3 is 11.8 Å². The molecule has 19 heavy (non-hydrogen) atoms. The van der Waals surface area contributed by atoms with E-state index >= 15 is 0 Å². The van der Waals surface area contributed by atoms with Crippen LogP contribution in [0.15, 0.2) is 24.5 Å². The van der Waals surface area contributed by atoms with Crippen LogP contribution < -0.4 is 4.68 Å². The second-order valence-corrected chi connectivity index (χ2v) is 5.10. The van der Waals surface area contributed by atoms with Crippen LogP contribution in [0.3, 0.4) is 0 Å². The van der Waals surface area contributed by atoms with Crippen molar-refractivity contribution in [1.29, 1.82) is 0 Å². The average molecular weight is 262 g/mol. The van der Waals surface area contributed by atoms with Crippen molar-refractivity contribution < 1.29 is 14.2 Å². The zero-order chi connectivity index (χ0) is 13.9. The number of esters is 1. The Balaban J connectivity index is 2.11. The topological polar surface area (TPSA) is 84.6 Å². The largest absolute Gasteiger partial charge is 0.429 e. The Labute approximate surface area is 110 Å². The Morgan fingerprint density at radius 2 is 2.26 bits per heavy atom. The van der Waals surface area contributed by atoms with E-state index in [-0.39, 0.29) is 12.7 Å². The predicted octanol–water partition coefficient (Wildman–Crippen LogP) is 0.701. The molecule has 2 aromatic heterocycles. The Hall–Kier alpha value is -2.31. The second kappa shape index (κ2) is 5.13. The van der Waals surface area contributed by atoms with Crippen molar-refractivity contribution in [1.82, 2.24) is 20.5 Å². The van der Waals surface area contributed by atoms with E-state index in [1.54, 1.807) is 43.9 Å².